The van der Waals surface area contributed by atoms with E-state index in [4.69, 9.17) is 4.42 Å². The van der Waals surface area contributed by atoms with Gasteiger partial charge >= 0.3 is 0 Å². The summed E-state index contributed by atoms with van der Waals surface area (Å²) in [5.74, 6) is 2.67. The summed E-state index contributed by atoms with van der Waals surface area (Å²) >= 11 is 0. The number of oxazole rings is 1. The number of nitrogens with one attached hydrogen (secondary N) is 1. The molecular weight excluding hydrogens is 238 g/mol. The van der Waals surface area contributed by atoms with Crippen molar-refractivity contribution < 1.29 is 4.42 Å². The van der Waals surface area contributed by atoms with Gasteiger partial charge in [-0.05, 0) is 25.3 Å². The molecule has 2 atom stereocenters. The van der Waals surface area contributed by atoms with Crippen molar-refractivity contribution in [2.75, 3.05) is 19.6 Å². The first kappa shape index (κ1) is 13.1. The Labute approximate surface area is 115 Å². The van der Waals surface area contributed by atoms with Crippen molar-refractivity contribution in [3.8, 4) is 0 Å². The van der Waals surface area contributed by atoms with E-state index in [-0.39, 0.29) is 5.41 Å². The Morgan fingerprint density at radius 2 is 2.26 bits per heavy atom. The number of rotatable bonds is 2. The van der Waals surface area contributed by atoms with Crippen LogP contribution in [0, 0.1) is 5.92 Å². The van der Waals surface area contributed by atoms with E-state index in [1.54, 1.807) is 0 Å². The minimum atomic E-state index is 0.0474. The molecule has 19 heavy (non-hydrogen) atoms. The lowest BCUT2D eigenvalue weighted by Crippen LogP contribution is -2.40. The third-order valence-electron chi connectivity index (χ3n) is 4.33. The largest absolute Gasteiger partial charge is 0.444 e. The molecule has 2 aliphatic rings. The summed E-state index contributed by atoms with van der Waals surface area (Å²) < 4.78 is 5.89. The first-order valence-electron chi connectivity index (χ1n) is 7.43. The normalized spacial score (nSPS) is 28.6. The van der Waals surface area contributed by atoms with Crippen molar-refractivity contribution in [3.63, 3.8) is 0 Å². The first-order chi connectivity index (χ1) is 9.02. The van der Waals surface area contributed by atoms with E-state index in [1.807, 2.05) is 6.20 Å². The van der Waals surface area contributed by atoms with Gasteiger partial charge in [0.2, 0.25) is 5.89 Å². The molecule has 0 bridgehead atoms. The maximum Gasteiger partial charge on any atom is 0.208 e. The molecule has 0 aromatic carbocycles. The fourth-order valence-corrected chi connectivity index (χ4v) is 3.19. The van der Waals surface area contributed by atoms with E-state index >= 15 is 0 Å². The standard InChI is InChI=1S/C15H25N3O/c1-15(2,3)13-7-17-14(19-13)10-18-8-11-5-4-6-16-12(11)9-18/h7,11-12,16H,4-6,8-10H2,1-3H3/t11-,12+/m0/s1. The number of fused-ring (bicyclic) bond motifs is 1. The van der Waals surface area contributed by atoms with E-state index < -0.39 is 0 Å². The van der Waals surface area contributed by atoms with Gasteiger partial charge in [-0.1, -0.05) is 20.8 Å². The third-order valence-corrected chi connectivity index (χ3v) is 4.33. The van der Waals surface area contributed by atoms with Crippen LogP contribution in [0.3, 0.4) is 0 Å². The van der Waals surface area contributed by atoms with Crippen molar-refractivity contribution in [2.45, 2.75) is 51.6 Å². The molecule has 4 heteroatoms. The molecule has 0 amide bonds. The van der Waals surface area contributed by atoms with E-state index in [1.165, 1.54) is 25.9 Å². The smallest absolute Gasteiger partial charge is 0.208 e. The molecule has 2 aliphatic heterocycles. The molecule has 2 fully saturated rings. The zero-order valence-electron chi connectivity index (χ0n) is 12.3. The summed E-state index contributed by atoms with van der Waals surface area (Å²) in [5.41, 5.74) is 0.0474. The van der Waals surface area contributed by atoms with Gasteiger partial charge in [-0.2, -0.15) is 0 Å². The second-order valence-corrected chi connectivity index (χ2v) is 7.03. The van der Waals surface area contributed by atoms with Gasteiger partial charge in [-0.25, -0.2) is 4.98 Å². The number of nitrogens with zero attached hydrogens (tertiary/aromatic N) is 2. The zero-order valence-corrected chi connectivity index (χ0v) is 12.3. The molecule has 4 nitrogen and oxygen atoms in total. The third kappa shape index (κ3) is 2.84. The summed E-state index contributed by atoms with van der Waals surface area (Å²) in [4.78, 5) is 6.91. The molecule has 0 radical (unpaired) electrons. The quantitative estimate of drug-likeness (QED) is 0.888. The monoisotopic (exact) mass is 263 g/mol. The number of piperidine rings is 1. The van der Waals surface area contributed by atoms with Crippen molar-refractivity contribution >= 4 is 0 Å². The van der Waals surface area contributed by atoms with Gasteiger partial charge in [-0.15, -0.1) is 0 Å². The summed E-state index contributed by atoms with van der Waals surface area (Å²) in [6, 6.07) is 0.686. The average Bonchev–Trinajstić information content (AvgIpc) is 2.94. The highest BCUT2D eigenvalue weighted by atomic mass is 16.4. The summed E-state index contributed by atoms with van der Waals surface area (Å²) in [6.07, 6.45) is 4.58. The van der Waals surface area contributed by atoms with Crippen LogP contribution in [0.25, 0.3) is 0 Å². The molecule has 3 heterocycles. The Kier molecular flexibility index (Phi) is 3.39. The lowest BCUT2D eigenvalue weighted by atomic mass is 9.94. The van der Waals surface area contributed by atoms with Crippen molar-refractivity contribution in [2.24, 2.45) is 5.92 Å². The predicted octanol–water partition coefficient (Wildman–Crippen LogP) is 2.16. The maximum atomic E-state index is 5.89. The van der Waals surface area contributed by atoms with Crippen LogP contribution in [-0.2, 0) is 12.0 Å². The molecule has 0 unspecified atom stereocenters. The Bertz CT molecular complexity index is 421. The van der Waals surface area contributed by atoms with Crippen LogP contribution in [0.5, 0.6) is 0 Å². The molecule has 2 saturated heterocycles. The van der Waals surface area contributed by atoms with Gasteiger partial charge in [0.25, 0.3) is 0 Å². The van der Waals surface area contributed by atoms with Gasteiger partial charge in [0.15, 0.2) is 0 Å². The molecule has 1 aromatic heterocycles. The van der Waals surface area contributed by atoms with Crippen LogP contribution in [0.2, 0.25) is 0 Å². The van der Waals surface area contributed by atoms with Crippen LogP contribution >= 0.6 is 0 Å². The van der Waals surface area contributed by atoms with E-state index in [2.05, 4.69) is 36.0 Å². The van der Waals surface area contributed by atoms with Crippen molar-refractivity contribution in [1.82, 2.24) is 15.2 Å². The predicted molar refractivity (Wildman–Crippen MR) is 75.0 cm³/mol. The minimum Gasteiger partial charge on any atom is -0.444 e. The molecular formula is C15H25N3O. The van der Waals surface area contributed by atoms with E-state index in [0.29, 0.717) is 6.04 Å². The molecule has 0 spiro atoms. The van der Waals surface area contributed by atoms with Gasteiger partial charge < -0.3 is 9.73 Å². The molecule has 1 aromatic rings. The Morgan fingerprint density at radius 3 is 2.95 bits per heavy atom. The zero-order chi connectivity index (χ0) is 13.5. The molecule has 106 valence electrons. The Hall–Kier alpha value is -0.870. The molecule has 1 N–H and O–H groups in total. The van der Waals surface area contributed by atoms with Crippen LogP contribution < -0.4 is 5.32 Å². The van der Waals surface area contributed by atoms with Crippen LogP contribution in [0.1, 0.15) is 45.3 Å². The van der Waals surface area contributed by atoms with E-state index in [9.17, 15) is 0 Å². The van der Waals surface area contributed by atoms with Crippen LogP contribution in [0.4, 0.5) is 0 Å². The molecule has 0 saturated carbocycles. The fraction of sp³-hybridized carbons (Fsp3) is 0.800. The van der Waals surface area contributed by atoms with Gasteiger partial charge in [0.05, 0.1) is 12.7 Å². The Balaban J connectivity index is 1.61. The molecule has 0 aliphatic carbocycles. The fourth-order valence-electron chi connectivity index (χ4n) is 3.19. The molecule has 3 rings (SSSR count). The highest BCUT2D eigenvalue weighted by molar-refractivity contribution is 5.06. The maximum absolute atomic E-state index is 5.89. The second-order valence-electron chi connectivity index (χ2n) is 7.03. The van der Waals surface area contributed by atoms with Crippen molar-refractivity contribution in [3.05, 3.63) is 17.8 Å². The summed E-state index contributed by atoms with van der Waals surface area (Å²) in [7, 11) is 0. The topological polar surface area (TPSA) is 41.3 Å². The second kappa shape index (κ2) is 4.91. The average molecular weight is 263 g/mol. The highest BCUT2D eigenvalue weighted by Crippen LogP contribution is 2.27. The number of aromatic nitrogens is 1. The Morgan fingerprint density at radius 1 is 1.42 bits per heavy atom. The van der Waals surface area contributed by atoms with E-state index in [0.717, 1.165) is 30.7 Å². The SMILES string of the molecule is CC(C)(C)c1cnc(CN2C[C@@H]3CCCN[C@@H]3C2)o1. The lowest BCUT2D eigenvalue weighted by molar-refractivity contribution is 0.267. The number of hydrogen-bond donors (Lipinski definition) is 1. The minimum absolute atomic E-state index is 0.0474. The van der Waals surface area contributed by atoms with Crippen LogP contribution in [0.15, 0.2) is 10.6 Å². The van der Waals surface area contributed by atoms with Gasteiger partial charge in [-0.3, -0.25) is 4.90 Å². The van der Waals surface area contributed by atoms with Gasteiger partial charge in [0, 0.05) is 24.5 Å². The lowest BCUT2D eigenvalue weighted by Gasteiger charge is -2.24. The number of likely N-dealkylation sites (tertiary alicyclic amines) is 1. The first-order valence-corrected chi connectivity index (χ1v) is 7.43. The van der Waals surface area contributed by atoms with Crippen LogP contribution in [-0.4, -0.2) is 35.6 Å². The summed E-state index contributed by atoms with van der Waals surface area (Å²) in [6.45, 7) is 10.8. The summed E-state index contributed by atoms with van der Waals surface area (Å²) in [5, 5.41) is 3.63. The number of hydrogen-bond acceptors (Lipinski definition) is 4. The van der Waals surface area contributed by atoms with Crippen molar-refractivity contribution in [1.29, 1.82) is 0 Å². The van der Waals surface area contributed by atoms with Gasteiger partial charge in [0.1, 0.15) is 5.76 Å². The highest BCUT2D eigenvalue weighted by Gasteiger charge is 2.34.